The first-order valence-electron chi connectivity index (χ1n) is 7.76. The van der Waals surface area contributed by atoms with Crippen LogP contribution in [0.5, 0.6) is 0 Å². The molecule has 2 aromatic rings. The maximum absolute atomic E-state index is 13.6. The molecule has 0 aliphatic heterocycles. The standard InChI is InChI=1S/C14H18F2N6O2S/c1-17-25(23,24)10-4-5-12(11(7-10)13-19-21-22-20-13)18-9-3-2-6-14(15,16)8-9/h4-5,7,9,17-18H,2-3,6,8H2,1H3,(H,19,20,21,22). The molecule has 1 aliphatic rings. The maximum atomic E-state index is 13.6. The average Bonchev–Trinajstić information content (AvgIpc) is 3.08. The van der Waals surface area contributed by atoms with Crippen LogP contribution >= 0.6 is 0 Å². The zero-order chi connectivity index (χ0) is 18.1. The van der Waals surface area contributed by atoms with Crippen molar-refractivity contribution in [1.82, 2.24) is 25.3 Å². The Morgan fingerprint density at radius 2 is 2.16 bits per heavy atom. The lowest BCUT2D eigenvalue weighted by Gasteiger charge is -2.30. The fraction of sp³-hybridized carbons (Fsp3) is 0.500. The van der Waals surface area contributed by atoms with E-state index in [9.17, 15) is 17.2 Å². The Bertz CT molecular complexity index is 841. The van der Waals surface area contributed by atoms with Gasteiger partial charge in [0.25, 0.3) is 0 Å². The molecule has 0 saturated heterocycles. The van der Waals surface area contributed by atoms with Crippen molar-refractivity contribution in [3.8, 4) is 11.4 Å². The number of H-pyrrole nitrogens is 1. The number of nitrogens with one attached hydrogen (secondary N) is 3. The SMILES string of the molecule is CNS(=O)(=O)c1ccc(NC2CCCC(F)(F)C2)c(-c2nn[nH]n2)c1. The van der Waals surface area contributed by atoms with Gasteiger partial charge in [-0.2, -0.15) is 5.21 Å². The summed E-state index contributed by atoms with van der Waals surface area (Å²) in [4.78, 5) is 0.0225. The van der Waals surface area contributed by atoms with Crippen LogP contribution in [0.1, 0.15) is 25.7 Å². The summed E-state index contributed by atoms with van der Waals surface area (Å²) >= 11 is 0. The summed E-state index contributed by atoms with van der Waals surface area (Å²) in [6, 6.07) is 3.91. The number of nitrogens with zero attached hydrogens (tertiary/aromatic N) is 3. The first kappa shape index (κ1) is 17.7. The van der Waals surface area contributed by atoms with E-state index in [4.69, 9.17) is 0 Å². The molecule has 3 N–H and O–H groups in total. The molecule has 1 aromatic heterocycles. The number of anilines is 1. The number of sulfonamides is 1. The van der Waals surface area contributed by atoms with E-state index in [1.165, 1.54) is 25.2 Å². The molecule has 1 fully saturated rings. The molecule has 136 valence electrons. The molecular formula is C14H18F2N6O2S. The number of tetrazole rings is 1. The second-order valence-corrected chi connectivity index (χ2v) is 7.83. The number of hydrogen-bond acceptors (Lipinski definition) is 6. The van der Waals surface area contributed by atoms with E-state index in [1.807, 2.05) is 0 Å². The van der Waals surface area contributed by atoms with Gasteiger partial charge in [-0.25, -0.2) is 21.9 Å². The van der Waals surface area contributed by atoms with Crippen molar-refractivity contribution in [3.05, 3.63) is 18.2 Å². The van der Waals surface area contributed by atoms with Gasteiger partial charge in [-0.3, -0.25) is 0 Å². The summed E-state index contributed by atoms with van der Waals surface area (Å²) in [6.45, 7) is 0. The van der Waals surface area contributed by atoms with E-state index in [-0.39, 0.29) is 23.6 Å². The van der Waals surface area contributed by atoms with E-state index in [1.54, 1.807) is 0 Å². The molecule has 1 unspecified atom stereocenters. The minimum absolute atomic E-state index is 0.0225. The fourth-order valence-corrected chi connectivity index (χ4v) is 3.67. The average molecular weight is 372 g/mol. The molecule has 1 saturated carbocycles. The number of halogens is 2. The van der Waals surface area contributed by atoms with Crippen LogP contribution in [0.15, 0.2) is 23.1 Å². The number of aromatic nitrogens is 4. The highest BCUT2D eigenvalue weighted by atomic mass is 32.2. The van der Waals surface area contributed by atoms with Gasteiger partial charge in [-0.15, -0.1) is 10.2 Å². The van der Waals surface area contributed by atoms with Crippen LogP contribution in [0, 0.1) is 0 Å². The molecule has 1 heterocycles. The Labute approximate surface area is 143 Å². The Hall–Kier alpha value is -2.14. The summed E-state index contributed by atoms with van der Waals surface area (Å²) in [7, 11) is -2.36. The predicted molar refractivity (Wildman–Crippen MR) is 86.7 cm³/mol. The van der Waals surface area contributed by atoms with Crippen molar-refractivity contribution in [1.29, 1.82) is 0 Å². The quantitative estimate of drug-likeness (QED) is 0.737. The largest absolute Gasteiger partial charge is 0.381 e. The molecule has 0 amide bonds. The minimum atomic E-state index is -3.66. The van der Waals surface area contributed by atoms with E-state index in [0.29, 0.717) is 24.1 Å². The lowest BCUT2D eigenvalue weighted by atomic mass is 9.91. The summed E-state index contributed by atoms with van der Waals surface area (Å²) in [5.41, 5.74) is 0.859. The minimum Gasteiger partial charge on any atom is -0.381 e. The van der Waals surface area contributed by atoms with Crippen LogP contribution in [-0.4, -0.2) is 48.1 Å². The molecular weight excluding hydrogens is 354 g/mol. The number of benzene rings is 1. The molecule has 1 aromatic carbocycles. The second-order valence-electron chi connectivity index (χ2n) is 5.94. The lowest BCUT2D eigenvalue weighted by Crippen LogP contribution is -2.34. The van der Waals surface area contributed by atoms with Gasteiger partial charge in [0.2, 0.25) is 21.8 Å². The second kappa shape index (κ2) is 6.64. The van der Waals surface area contributed by atoms with Crippen LogP contribution < -0.4 is 10.0 Å². The number of aromatic amines is 1. The molecule has 0 spiro atoms. The normalized spacial score (nSPS) is 20.4. The van der Waals surface area contributed by atoms with Crippen LogP contribution in [0.4, 0.5) is 14.5 Å². The summed E-state index contributed by atoms with van der Waals surface area (Å²) in [5, 5.41) is 16.6. The van der Waals surface area contributed by atoms with Gasteiger partial charge in [-0.1, -0.05) is 0 Å². The monoisotopic (exact) mass is 372 g/mol. The van der Waals surface area contributed by atoms with Gasteiger partial charge >= 0.3 is 0 Å². The number of alkyl halides is 2. The molecule has 0 radical (unpaired) electrons. The highest BCUT2D eigenvalue weighted by Gasteiger charge is 2.36. The molecule has 8 nitrogen and oxygen atoms in total. The molecule has 0 bridgehead atoms. The van der Waals surface area contributed by atoms with Crippen molar-refractivity contribution in [2.24, 2.45) is 0 Å². The van der Waals surface area contributed by atoms with Gasteiger partial charge < -0.3 is 5.32 Å². The molecule has 1 atom stereocenters. The first-order valence-corrected chi connectivity index (χ1v) is 9.25. The van der Waals surface area contributed by atoms with Crippen molar-refractivity contribution in [2.45, 2.75) is 42.5 Å². The third kappa shape index (κ3) is 3.93. The third-order valence-electron chi connectivity index (χ3n) is 4.16. The molecule has 3 rings (SSSR count). The Balaban J connectivity index is 1.96. The van der Waals surface area contributed by atoms with Gasteiger partial charge in [-0.05, 0) is 43.3 Å². The Morgan fingerprint density at radius 1 is 1.36 bits per heavy atom. The topological polar surface area (TPSA) is 113 Å². The zero-order valence-electron chi connectivity index (χ0n) is 13.5. The summed E-state index contributed by atoms with van der Waals surface area (Å²) < 4.78 is 53.5. The lowest BCUT2D eigenvalue weighted by molar-refractivity contribution is -0.0373. The van der Waals surface area contributed by atoms with E-state index < -0.39 is 22.0 Å². The van der Waals surface area contributed by atoms with Crippen LogP contribution in [0.3, 0.4) is 0 Å². The van der Waals surface area contributed by atoms with Gasteiger partial charge in [0.05, 0.1) is 4.90 Å². The first-order chi connectivity index (χ1) is 11.8. The van der Waals surface area contributed by atoms with Crippen molar-refractivity contribution < 1.29 is 17.2 Å². The Morgan fingerprint density at radius 3 is 2.80 bits per heavy atom. The van der Waals surface area contributed by atoms with E-state index in [2.05, 4.69) is 30.7 Å². The number of rotatable bonds is 5. The third-order valence-corrected chi connectivity index (χ3v) is 5.57. The van der Waals surface area contributed by atoms with Crippen LogP contribution in [-0.2, 0) is 10.0 Å². The van der Waals surface area contributed by atoms with Gasteiger partial charge in [0, 0.05) is 30.1 Å². The van der Waals surface area contributed by atoms with Crippen LogP contribution in [0.2, 0.25) is 0 Å². The molecule has 11 heteroatoms. The highest BCUT2D eigenvalue weighted by molar-refractivity contribution is 7.89. The fourth-order valence-electron chi connectivity index (χ4n) is 2.91. The highest BCUT2D eigenvalue weighted by Crippen LogP contribution is 2.36. The molecule has 25 heavy (non-hydrogen) atoms. The van der Waals surface area contributed by atoms with Crippen molar-refractivity contribution in [2.75, 3.05) is 12.4 Å². The smallest absolute Gasteiger partial charge is 0.250 e. The Kier molecular flexibility index (Phi) is 4.69. The maximum Gasteiger partial charge on any atom is 0.250 e. The predicted octanol–water partition coefficient (Wildman–Crippen LogP) is 1.76. The van der Waals surface area contributed by atoms with E-state index >= 15 is 0 Å². The van der Waals surface area contributed by atoms with E-state index in [0.717, 1.165) is 0 Å². The summed E-state index contributed by atoms with van der Waals surface area (Å²) in [6.07, 6.45) is 0.656. The van der Waals surface area contributed by atoms with Crippen molar-refractivity contribution >= 4 is 15.7 Å². The summed E-state index contributed by atoms with van der Waals surface area (Å²) in [5.74, 6) is -2.52. The molecule has 1 aliphatic carbocycles. The van der Waals surface area contributed by atoms with Crippen LogP contribution in [0.25, 0.3) is 11.4 Å². The zero-order valence-corrected chi connectivity index (χ0v) is 14.3. The number of hydrogen-bond donors (Lipinski definition) is 3. The van der Waals surface area contributed by atoms with Gasteiger partial charge in [0.1, 0.15) is 0 Å². The van der Waals surface area contributed by atoms with Crippen molar-refractivity contribution in [3.63, 3.8) is 0 Å². The van der Waals surface area contributed by atoms with Gasteiger partial charge in [0.15, 0.2) is 0 Å².